The van der Waals surface area contributed by atoms with E-state index in [0.717, 1.165) is 63.1 Å². The van der Waals surface area contributed by atoms with Gasteiger partial charge in [-0.2, -0.15) is 0 Å². The number of aliphatic hydroxyl groups is 1. The van der Waals surface area contributed by atoms with Gasteiger partial charge in [0.2, 0.25) is 5.91 Å². The fourth-order valence-corrected chi connectivity index (χ4v) is 6.25. The Morgan fingerprint density at radius 2 is 1.65 bits per heavy atom. The molecule has 23 heavy (non-hydrogen) atoms. The third-order valence-electron chi connectivity index (χ3n) is 7.06. The number of aliphatic hydroxyl groups excluding tert-OH is 1. The summed E-state index contributed by atoms with van der Waals surface area (Å²) in [7, 11) is 0. The lowest BCUT2D eigenvalue weighted by atomic mass is 9.49. The molecule has 1 heterocycles. The summed E-state index contributed by atoms with van der Waals surface area (Å²) in [6.07, 6.45) is 9.75. The first-order valence-electron chi connectivity index (χ1n) is 9.69. The molecule has 5 rings (SSSR count). The number of nitrogens with one attached hydrogen (secondary N) is 1. The maximum atomic E-state index is 12.8. The molecule has 2 N–H and O–H groups in total. The van der Waals surface area contributed by atoms with Gasteiger partial charge in [-0.05, 0) is 81.5 Å². The van der Waals surface area contributed by atoms with Crippen molar-refractivity contribution in [1.82, 2.24) is 5.32 Å². The fourth-order valence-electron chi connectivity index (χ4n) is 6.25. The fraction of sp³-hybridized carbons (Fsp3) is 0.947. The minimum Gasteiger partial charge on any atom is -0.393 e. The molecule has 5 aliphatic rings. The number of hydrogen-bond donors (Lipinski definition) is 2. The second-order valence-corrected chi connectivity index (χ2v) is 8.76. The molecule has 4 saturated carbocycles. The predicted octanol–water partition coefficient (Wildman–Crippen LogP) is 2.50. The molecule has 4 aliphatic carbocycles. The third kappa shape index (κ3) is 3.17. The lowest BCUT2D eigenvalue weighted by Crippen LogP contribution is -2.53. The van der Waals surface area contributed by atoms with Crippen molar-refractivity contribution in [3.8, 4) is 0 Å². The van der Waals surface area contributed by atoms with Crippen LogP contribution in [0.25, 0.3) is 0 Å². The van der Waals surface area contributed by atoms with Gasteiger partial charge in [0.25, 0.3) is 0 Å². The molecule has 1 amide bonds. The van der Waals surface area contributed by atoms with Gasteiger partial charge in [0.15, 0.2) is 0 Å². The van der Waals surface area contributed by atoms with Crippen LogP contribution in [0.1, 0.15) is 57.8 Å². The zero-order chi connectivity index (χ0) is 15.9. The van der Waals surface area contributed by atoms with E-state index in [2.05, 4.69) is 5.32 Å². The molecular formula is C19H31NO3. The van der Waals surface area contributed by atoms with Crippen molar-refractivity contribution in [2.75, 3.05) is 19.8 Å². The smallest absolute Gasteiger partial charge is 0.226 e. The van der Waals surface area contributed by atoms with Crippen LogP contribution >= 0.6 is 0 Å². The normalized spacial score (nSPS) is 41.0. The summed E-state index contributed by atoms with van der Waals surface area (Å²) in [5.41, 5.74) is -0.0572. The topological polar surface area (TPSA) is 58.6 Å². The second-order valence-electron chi connectivity index (χ2n) is 8.76. The second kappa shape index (κ2) is 6.36. The summed E-state index contributed by atoms with van der Waals surface area (Å²) in [6.45, 7) is 2.15. The van der Waals surface area contributed by atoms with E-state index < -0.39 is 0 Å². The van der Waals surface area contributed by atoms with Gasteiger partial charge in [-0.25, -0.2) is 0 Å². The zero-order valence-corrected chi connectivity index (χ0v) is 14.1. The van der Waals surface area contributed by atoms with E-state index in [0.29, 0.717) is 18.9 Å². The van der Waals surface area contributed by atoms with E-state index in [1.54, 1.807) is 0 Å². The lowest BCUT2D eigenvalue weighted by molar-refractivity contribution is -0.146. The van der Waals surface area contributed by atoms with Crippen LogP contribution in [-0.4, -0.2) is 36.9 Å². The first kappa shape index (κ1) is 15.9. The van der Waals surface area contributed by atoms with Crippen LogP contribution < -0.4 is 5.32 Å². The van der Waals surface area contributed by atoms with Crippen molar-refractivity contribution in [3.63, 3.8) is 0 Å². The molecule has 1 atom stereocenters. The van der Waals surface area contributed by atoms with Crippen LogP contribution in [0.5, 0.6) is 0 Å². The van der Waals surface area contributed by atoms with Crippen molar-refractivity contribution in [3.05, 3.63) is 0 Å². The number of rotatable bonds is 5. The van der Waals surface area contributed by atoms with Crippen LogP contribution in [0.2, 0.25) is 0 Å². The van der Waals surface area contributed by atoms with Crippen molar-refractivity contribution < 1.29 is 14.6 Å². The maximum Gasteiger partial charge on any atom is 0.226 e. The van der Waals surface area contributed by atoms with Gasteiger partial charge < -0.3 is 15.2 Å². The number of hydrogen-bond acceptors (Lipinski definition) is 3. The molecule has 4 heteroatoms. The SMILES string of the molecule is O=C(NCC[C@H](O)C1CCOCC1)C12CC3CC(CC(C3)C1)C2. The first-order valence-corrected chi connectivity index (χ1v) is 9.69. The molecule has 5 fully saturated rings. The summed E-state index contributed by atoms with van der Waals surface area (Å²) in [4.78, 5) is 12.8. The molecule has 0 aromatic heterocycles. The van der Waals surface area contributed by atoms with Gasteiger partial charge >= 0.3 is 0 Å². The number of amides is 1. The molecular weight excluding hydrogens is 290 g/mol. The van der Waals surface area contributed by atoms with E-state index >= 15 is 0 Å². The molecule has 0 unspecified atom stereocenters. The van der Waals surface area contributed by atoms with E-state index in [1.165, 1.54) is 19.3 Å². The highest BCUT2D eigenvalue weighted by atomic mass is 16.5. The highest BCUT2D eigenvalue weighted by molar-refractivity contribution is 5.83. The minimum atomic E-state index is -0.296. The average molecular weight is 321 g/mol. The van der Waals surface area contributed by atoms with E-state index in [-0.39, 0.29) is 17.4 Å². The van der Waals surface area contributed by atoms with Crippen molar-refractivity contribution in [1.29, 1.82) is 0 Å². The summed E-state index contributed by atoms with van der Waals surface area (Å²) in [5, 5.41) is 13.5. The highest BCUT2D eigenvalue weighted by Crippen LogP contribution is 2.60. The number of carbonyl (C=O) groups is 1. The molecule has 0 spiro atoms. The Bertz CT molecular complexity index is 409. The Morgan fingerprint density at radius 1 is 1.09 bits per heavy atom. The third-order valence-corrected chi connectivity index (χ3v) is 7.06. The van der Waals surface area contributed by atoms with E-state index in [4.69, 9.17) is 4.74 Å². The van der Waals surface area contributed by atoms with Crippen molar-refractivity contribution in [2.24, 2.45) is 29.1 Å². The Balaban J connectivity index is 1.27. The standard InChI is InChI=1S/C19H31NO3/c21-17(16-2-5-23-6-3-16)1-4-20-18(22)19-10-13-7-14(11-19)9-15(8-13)12-19/h13-17,21H,1-12H2,(H,20,22)/t13?,14?,15?,17-,19?/m0/s1. The quantitative estimate of drug-likeness (QED) is 0.818. The minimum absolute atomic E-state index is 0.0572. The molecule has 0 aromatic carbocycles. The first-order chi connectivity index (χ1) is 11.1. The van der Waals surface area contributed by atoms with Gasteiger partial charge in [-0.15, -0.1) is 0 Å². The van der Waals surface area contributed by atoms with Gasteiger partial charge in [0.1, 0.15) is 0 Å². The van der Waals surface area contributed by atoms with Gasteiger partial charge in [-0.3, -0.25) is 4.79 Å². The van der Waals surface area contributed by atoms with Gasteiger partial charge in [-0.1, -0.05) is 0 Å². The molecule has 0 aromatic rings. The van der Waals surface area contributed by atoms with Crippen molar-refractivity contribution >= 4 is 5.91 Å². The van der Waals surface area contributed by atoms with Crippen LogP contribution in [0.4, 0.5) is 0 Å². The zero-order valence-electron chi connectivity index (χ0n) is 14.1. The van der Waals surface area contributed by atoms with Crippen molar-refractivity contribution in [2.45, 2.75) is 63.9 Å². The van der Waals surface area contributed by atoms with Gasteiger partial charge in [0.05, 0.1) is 6.10 Å². The Hall–Kier alpha value is -0.610. The highest BCUT2D eigenvalue weighted by Gasteiger charge is 2.54. The Morgan fingerprint density at radius 3 is 2.22 bits per heavy atom. The summed E-state index contributed by atoms with van der Waals surface area (Å²) >= 11 is 0. The summed E-state index contributed by atoms with van der Waals surface area (Å²) < 4.78 is 5.35. The molecule has 1 aliphatic heterocycles. The largest absolute Gasteiger partial charge is 0.393 e. The monoisotopic (exact) mass is 321 g/mol. The van der Waals surface area contributed by atoms with Gasteiger partial charge in [0, 0.05) is 25.2 Å². The molecule has 0 radical (unpaired) electrons. The molecule has 130 valence electrons. The van der Waals surface area contributed by atoms with E-state index in [1.807, 2.05) is 0 Å². The van der Waals surface area contributed by atoms with E-state index in [9.17, 15) is 9.90 Å². The van der Waals surface area contributed by atoms with Crippen LogP contribution in [-0.2, 0) is 9.53 Å². The van der Waals surface area contributed by atoms with Crippen LogP contribution in [0, 0.1) is 29.1 Å². The predicted molar refractivity (Wildman–Crippen MR) is 87.8 cm³/mol. The number of ether oxygens (including phenoxy) is 1. The molecule has 1 saturated heterocycles. The average Bonchev–Trinajstić information content (AvgIpc) is 2.54. The maximum absolute atomic E-state index is 12.8. The summed E-state index contributed by atoms with van der Waals surface area (Å²) in [6, 6.07) is 0. The Labute approximate surface area is 139 Å². The van der Waals surface area contributed by atoms with Crippen LogP contribution in [0.3, 0.4) is 0 Å². The Kier molecular flexibility index (Phi) is 4.39. The van der Waals surface area contributed by atoms with Crippen LogP contribution in [0.15, 0.2) is 0 Å². The summed E-state index contributed by atoms with van der Waals surface area (Å²) in [5.74, 6) is 3.05. The lowest BCUT2D eigenvalue weighted by Gasteiger charge is -2.55. The number of carbonyl (C=O) groups excluding carboxylic acids is 1. The molecule has 4 nitrogen and oxygen atoms in total. The molecule has 4 bridgehead atoms.